The number of pyridine rings is 1. The van der Waals surface area contributed by atoms with Crippen molar-refractivity contribution in [3.8, 4) is 5.69 Å². The number of benzene rings is 2. The highest BCUT2D eigenvalue weighted by molar-refractivity contribution is 6.37. The van der Waals surface area contributed by atoms with Crippen LogP contribution in [0.15, 0.2) is 64.7 Å². The van der Waals surface area contributed by atoms with Crippen LogP contribution >= 0.6 is 23.2 Å². The number of hydrogen-bond donors (Lipinski definition) is 0. The molecule has 0 spiro atoms. The maximum absolute atomic E-state index is 14.7. The zero-order valence-corrected chi connectivity index (χ0v) is 19.3. The first-order valence-electron chi connectivity index (χ1n) is 10.5. The fourth-order valence-corrected chi connectivity index (χ4v) is 4.25. The molecule has 3 aromatic rings. The van der Waals surface area contributed by atoms with Gasteiger partial charge in [-0.05, 0) is 43.2 Å². The number of aromatic nitrogens is 1. The molecule has 0 saturated carbocycles. The minimum atomic E-state index is -0.887. The van der Waals surface area contributed by atoms with Crippen LogP contribution in [0.25, 0.3) is 5.69 Å². The van der Waals surface area contributed by atoms with E-state index in [2.05, 4.69) is 5.16 Å². The number of amides is 1. The lowest BCUT2D eigenvalue weighted by Crippen LogP contribution is -2.30. The van der Waals surface area contributed by atoms with E-state index in [-0.39, 0.29) is 45.1 Å². The Morgan fingerprint density at radius 3 is 2.41 bits per heavy atom. The van der Waals surface area contributed by atoms with Crippen LogP contribution in [-0.2, 0) is 9.63 Å². The van der Waals surface area contributed by atoms with Crippen molar-refractivity contribution in [3.05, 3.63) is 97.9 Å². The second kappa shape index (κ2) is 10.4. The highest BCUT2D eigenvalue weighted by Crippen LogP contribution is 2.28. The van der Waals surface area contributed by atoms with E-state index in [1.807, 2.05) is 0 Å². The first-order chi connectivity index (χ1) is 16.3. The summed E-state index contributed by atoms with van der Waals surface area (Å²) < 4.78 is 29.4. The summed E-state index contributed by atoms with van der Waals surface area (Å²) in [5.41, 5.74) is -0.0617. The molecule has 176 valence electrons. The quantitative estimate of drug-likeness (QED) is 0.356. The number of oxime groups is 1. The number of hydrogen-bond acceptors (Lipinski definition) is 4. The van der Waals surface area contributed by atoms with Crippen molar-refractivity contribution in [1.29, 1.82) is 0 Å². The fraction of sp³-hybridized carbons (Fsp3) is 0.208. The van der Waals surface area contributed by atoms with Crippen molar-refractivity contribution in [2.75, 3.05) is 19.7 Å². The molecule has 1 fully saturated rings. The van der Waals surface area contributed by atoms with Crippen molar-refractivity contribution in [2.45, 2.75) is 12.8 Å². The minimum absolute atomic E-state index is 0.0383. The number of likely N-dealkylation sites (tertiary alicyclic amines) is 1. The molecule has 2 heterocycles. The van der Waals surface area contributed by atoms with E-state index in [9.17, 15) is 18.4 Å². The highest BCUT2D eigenvalue weighted by atomic mass is 35.5. The summed E-state index contributed by atoms with van der Waals surface area (Å²) in [5, 5.41) is 4.46. The molecule has 1 aromatic heterocycles. The van der Waals surface area contributed by atoms with Crippen molar-refractivity contribution in [1.82, 2.24) is 9.47 Å². The van der Waals surface area contributed by atoms with Crippen LogP contribution in [0.4, 0.5) is 8.78 Å². The number of carbonyl (C=O) groups is 1. The van der Waals surface area contributed by atoms with E-state index in [4.69, 9.17) is 28.0 Å². The molecular formula is C24H19Cl2F2N3O3. The first kappa shape index (κ1) is 23.9. The van der Waals surface area contributed by atoms with Crippen molar-refractivity contribution >= 4 is 34.8 Å². The van der Waals surface area contributed by atoms with Gasteiger partial charge in [-0.3, -0.25) is 14.2 Å². The molecule has 0 atom stereocenters. The van der Waals surface area contributed by atoms with Crippen LogP contribution < -0.4 is 5.56 Å². The van der Waals surface area contributed by atoms with Gasteiger partial charge in [-0.1, -0.05) is 34.4 Å². The average molecular weight is 506 g/mol. The first-order valence-corrected chi connectivity index (χ1v) is 11.2. The molecule has 1 amide bonds. The largest absolute Gasteiger partial charge is 0.385 e. The molecule has 10 heteroatoms. The lowest BCUT2D eigenvalue weighted by molar-refractivity contribution is -0.135. The summed E-state index contributed by atoms with van der Waals surface area (Å²) in [5.74, 6) is -1.90. The maximum Gasteiger partial charge on any atom is 0.263 e. The molecule has 0 radical (unpaired) electrons. The molecule has 2 aromatic carbocycles. The Morgan fingerprint density at radius 1 is 1.03 bits per heavy atom. The molecule has 6 nitrogen and oxygen atoms in total. The Hall–Kier alpha value is -3.23. The summed E-state index contributed by atoms with van der Waals surface area (Å²) in [6.07, 6.45) is 3.23. The predicted molar refractivity (Wildman–Crippen MR) is 126 cm³/mol. The summed E-state index contributed by atoms with van der Waals surface area (Å²) in [6.45, 7) is 0.951. The lowest BCUT2D eigenvalue weighted by Gasteiger charge is -2.15. The molecule has 4 rings (SSSR count). The standard InChI is InChI=1S/C24H19Cl2F2N3O3/c25-18-4-3-5-19(26)24(18)31-13-15(6-9-21(31)32)23(17-8-7-16(27)12-20(17)28)29-34-14-22(33)30-10-1-2-11-30/h3-9,12-13H,1-2,10-11,14H2/b29-23-. The Labute approximate surface area is 204 Å². The monoisotopic (exact) mass is 505 g/mol. The summed E-state index contributed by atoms with van der Waals surface area (Å²) >= 11 is 12.5. The van der Waals surface area contributed by atoms with E-state index in [1.54, 1.807) is 23.1 Å². The molecule has 0 aliphatic carbocycles. The highest BCUT2D eigenvalue weighted by Gasteiger charge is 2.20. The third kappa shape index (κ3) is 5.13. The Morgan fingerprint density at radius 2 is 1.74 bits per heavy atom. The minimum Gasteiger partial charge on any atom is -0.385 e. The van der Waals surface area contributed by atoms with Crippen LogP contribution in [-0.4, -0.2) is 40.8 Å². The van der Waals surface area contributed by atoms with Crippen LogP contribution in [0.1, 0.15) is 24.0 Å². The molecular weight excluding hydrogens is 487 g/mol. The number of nitrogens with zero attached hydrogens (tertiary/aromatic N) is 3. The van der Waals surface area contributed by atoms with Gasteiger partial charge in [0, 0.05) is 42.5 Å². The smallest absolute Gasteiger partial charge is 0.263 e. The van der Waals surface area contributed by atoms with E-state index < -0.39 is 17.2 Å². The van der Waals surface area contributed by atoms with E-state index in [0.29, 0.717) is 19.2 Å². The summed E-state index contributed by atoms with van der Waals surface area (Å²) in [7, 11) is 0. The number of carbonyl (C=O) groups excluding carboxylic acids is 1. The molecule has 0 N–H and O–H groups in total. The predicted octanol–water partition coefficient (Wildman–Crippen LogP) is 4.81. The zero-order valence-electron chi connectivity index (χ0n) is 17.8. The van der Waals surface area contributed by atoms with Crippen molar-refractivity contribution in [2.24, 2.45) is 5.16 Å². The Bertz CT molecular complexity index is 1300. The normalized spacial score (nSPS) is 13.9. The van der Waals surface area contributed by atoms with Crippen LogP contribution in [0.5, 0.6) is 0 Å². The van der Waals surface area contributed by atoms with Gasteiger partial charge in [0.1, 0.15) is 17.3 Å². The molecule has 1 saturated heterocycles. The van der Waals surface area contributed by atoms with Gasteiger partial charge < -0.3 is 9.74 Å². The van der Waals surface area contributed by atoms with Gasteiger partial charge in [0.25, 0.3) is 11.5 Å². The average Bonchev–Trinajstić information content (AvgIpc) is 3.34. The van der Waals surface area contributed by atoms with E-state index in [0.717, 1.165) is 18.9 Å². The summed E-state index contributed by atoms with van der Waals surface area (Å²) in [6, 6.07) is 10.4. The molecule has 0 unspecified atom stereocenters. The van der Waals surface area contributed by atoms with Gasteiger partial charge in [0.2, 0.25) is 0 Å². The van der Waals surface area contributed by atoms with Crippen LogP contribution in [0.2, 0.25) is 10.0 Å². The van der Waals surface area contributed by atoms with Gasteiger partial charge >= 0.3 is 0 Å². The van der Waals surface area contributed by atoms with Gasteiger partial charge in [-0.25, -0.2) is 8.78 Å². The SMILES string of the molecule is O=C(CO/N=C(/c1ccc(=O)n(-c2c(Cl)cccc2Cl)c1)c1ccc(F)cc1F)N1CCCC1. The van der Waals surface area contributed by atoms with E-state index >= 15 is 0 Å². The topological polar surface area (TPSA) is 63.9 Å². The molecule has 0 bridgehead atoms. The zero-order chi connectivity index (χ0) is 24.2. The number of para-hydroxylation sites is 1. The molecule has 1 aliphatic heterocycles. The second-order valence-electron chi connectivity index (χ2n) is 7.62. The van der Waals surface area contributed by atoms with Gasteiger partial charge in [0.15, 0.2) is 6.61 Å². The van der Waals surface area contributed by atoms with Crippen LogP contribution in [0, 0.1) is 11.6 Å². The molecule has 34 heavy (non-hydrogen) atoms. The third-order valence-electron chi connectivity index (χ3n) is 5.35. The van der Waals surface area contributed by atoms with Crippen LogP contribution in [0.3, 0.4) is 0 Å². The summed E-state index contributed by atoms with van der Waals surface area (Å²) in [4.78, 5) is 31.8. The second-order valence-corrected chi connectivity index (χ2v) is 8.44. The number of halogens is 4. The van der Waals surface area contributed by atoms with Gasteiger partial charge in [0.05, 0.1) is 15.7 Å². The number of rotatable bonds is 6. The van der Waals surface area contributed by atoms with Crippen molar-refractivity contribution in [3.63, 3.8) is 0 Å². The maximum atomic E-state index is 14.7. The van der Waals surface area contributed by atoms with Gasteiger partial charge in [-0.2, -0.15) is 0 Å². The van der Waals surface area contributed by atoms with Gasteiger partial charge in [-0.15, -0.1) is 0 Å². The lowest BCUT2D eigenvalue weighted by atomic mass is 10.0. The molecule has 1 aliphatic rings. The third-order valence-corrected chi connectivity index (χ3v) is 5.96. The fourth-order valence-electron chi connectivity index (χ4n) is 3.67. The van der Waals surface area contributed by atoms with E-state index in [1.165, 1.54) is 29.0 Å². The van der Waals surface area contributed by atoms with Crippen molar-refractivity contribution < 1.29 is 18.4 Å². The Kier molecular flexibility index (Phi) is 7.29. The Balaban J connectivity index is 1.76.